The van der Waals surface area contributed by atoms with Crippen LogP contribution in [0.3, 0.4) is 0 Å². The van der Waals surface area contributed by atoms with Crippen LogP contribution in [-0.4, -0.2) is 42.4 Å². The molecule has 1 aliphatic rings. The molecule has 136 valence electrons. The SMILES string of the molecule is O=c1[nH]ccn1CCN1CCCn2nc([C@H](O)c3ccccc3)cc2C1. The minimum atomic E-state index is -0.706. The lowest BCUT2D eigenvalue weighted by Crippen LogP contribution is -2.30. The van der Waals surface area contributed by atoms with Gasteiger partial charge in [0, 0.05) is 45.1 Å². The molecule has 3 aromatic rings. The molecule has 1 aromatic carbocycles. The predicted molar refractivity (Wildman–Crippen MR) is 97.7 cm³/mol. The molecule has 0 bridgehead atoms. The summed E-state index contributed by atoms with van der Waals surface area (Å²) in [5.41, 5.74) is 2.58. The number of benzene rings is 1. The van der Waals surface area contributed by atoms with E-state index in [9.17, 15) is 9.90 Å². The lowest BCUT2D eigenvalue weighted by molar-refractivity contribution is 0.213. The van der Waals surface area contributed by atoms with Crippen molar-refractivity contribution in [2.24, 2.45) is 0 Å². The van der Waals surface area contributed by atoms with Crippen molar-refractivity contribution >= 4 is 0 Å². The zero-order valence-corrected chi connectivity index (χ0v) is 14.6. The normalized spacial score (nSPS) is 16.2. The zero-order chi connectivity index (χ0) is 17.9. The number of aromatic nitrogens is 4. The molecule has 0 amide bonds. The fourth-order valence-corrected chi connectivity index (χ4v) is 3.46. The minimum absolute atomic E-state index is 0.0712. The second-order valence-electron chi connectivity index (χ2n) is 6.69. The summed E-state index contributed by atoms with van der Waals surface area (Å²) in [5.74, 6) is 0. The van der Waals surface area contributed by atoms with E-state index in [1.807, 2.05) is 41.1 Å². The van der Waals surface area contributed by atoms with E-state index in [1.165, 1.54) is 0 Å². The van der Waals surface area contributed by atoms with Crippen LogP contribution in [0.4, 0.5) is 0 Å². The molecule has 4 rings (SSSR count). The first-order valence-corrected chi connectivity index (χ1v) is 8.96. The number of hydrogen-bond donors (Lipinski definition) is 2. The highest BCUT2D eigenvalue weighted by Crippen LogP contribution is 2.23. The summed E-state index contributed by atoms with van der Waals surface area (Å²) in [6.45, 7) is 4.06. The lowest BCUT2D eigenvalue weighted by atomic mass is 10.1. The number of hydrogen-bond acceptors (Lipinski definition) is 4. The van der Waals surface area contributed by atoms with Crippen molar-refractivity contribution in [3.05, 3.63) is 76.2 Å². The van der Waals surface area contributed by atoms with Gasteiger partial charge in [0.25, 0.3) is 0 Å². The minimum Gasteiger partial charge on any atom is -0.382 e. The summed E-state index contributed by atoms with van der Waals surface area (Å²) in [6.07, 6.45) is 3.73. The monoisotopic (exact) mass is 353 g/mol. The van der Waals surface area contributed by atoms with Crippen molar-refractivity contribution < 1.29 is 5.11 Å². The van der Waals surface area contributed by atoms with Gasteiger partial charge in [-0.3, -0.25) is 14.1 Å². The van der Waals surface area contributed by atoms with Crippen LogP contribution in [0.25, 0.3) is 0 Å². The molecule has 7 heteroatoms. The van der Waals surface area contributed by atoms with E-state index in [0.717, 1.165) is 43.9 Å². The molecule has 2 N–H and O–H groups in total. The van der Waals surface area contributed by atoms with E-state index in [0.29, 0.717) is 12.2 Å². The molecule has 0 saturated carbocycles. The number of nitrogens with zero attached hydrogens (tertiary/aromatic N) is 4. The number of rotatable bonds is 5. The van der Waals surface area contributed by atoms with E-state index in [4.69, 9.17) is 0 Å². The van der Waals surface area contributed by atoms with Crippen LogP contribution < -0.4 is 5.69 Å². The molecule has 0 fully saturated rings. The average molecular weight is 353 g/mol. The third-order valence-corrected chi connectivity index (χ3v) is 4.89. The van der Waals surface area contributed by atoms with Gasteiger partial charge in [0.15, 0.2) is 0 Å². The Labute approximate surface area is 151 Å². The van der Waals surface area contributed by atoms with E-state index in [-0.39, 0.29) is 5.69 Å². The Balaban J connectivity index is 1.47. The van der Waals surface area contributed by atoms with E-state index < -0.39 is 6.10 Å². The third-order valence-electron chi connectivity index (χ3n) is 4.89. The molecule has 0 saturated heterocycles. The molecule has 0 aliphatic carbocycles. The molecule has 0 unspecified atom stereocenters. The van der Waals surface area contributed by atoms with E-state index >= 15 is 0 Å². The van der Waals surface area contributed by atoms with Gasteiger partial charge in [0.2, 0.25) is 0 Å². The highest BCUT2D eigenvalue weighted by Gasteiger charge is 2.20. The Kier molecular flexibility index (Phi) is 4.73. The van der Waals surface area contributed by atoms with Crippen molar-refractivity contribution in [1.29, 1.82) is 0 Å². The first-order chi connectivity index (χ1) is 12.7. The molecule has 7 nitrogen and oxygen atoms in total. The van der Waals surface area contributed by atoms with E-state index in [1.54, 1.807) is 17.0 Å². The molecule has 1 atom stereocenters. The van der Waals surface area contributed by atoms with Gasteiger partial charge >= 0.3 is 5.69 Å². The van der Waals surface area contributed by atoms with Gasteiger partial charge in [-0.2, -0.15) is 5.10 Å². The van der Waals surface area contributed by atoms with Crippen molar-refractivity contribution in [3.8, 4) is 0 Å². The van der Waals surface area contributed by atoms with Gasteiger partial charge in [-0.1, -0.05) is 30.3 Å². The van der Waals surface area contributed by atoms with Crippen molar-refractivity contribution in [2.45, 2.75) is 32.2 Å². The molecular formula is C19H23N5O2. The molecule has 0 spiro atoms. The Bertz CT molecular complexity index is 911. The summed E-state index contributed by atoms with van der Waals surface area (Å²) in [6, 6.07) is 11.6. The maximum Gasteiger partial charge on any atom is 0.325 e. The smallest absolute Gasteiger partial charge is 0.325 e. The van der Waals surface area contributed by atoms with Gasteiger partial charge < -0.3 is 10.1 Å². The maximum atomic E-state index is 11.6. The maximum absolute atomic E-state index is 11.6. The van der Waals surface area contributed by atoms with Crippen LogP contribution in [-0.2, 0) is 19.6 Å². The Hall–Kier alpha value is -2.64. The van der Waals surface area contributed by atoms with E-state index in [2.05, 4.69) is 15.0 Å². The molecule has 3 heterocycles. The average Bonchev–Trinajstić information content (AvgIpc) is 3.21. The van der Waals surface area contributed by atoms with Crippen LogP contribution in [0.5, 0.6) is 0 Å². The topological polar surface area (TPSA) is 79.1 Å². The summed E-state index contributed by atoms with van der Waals surface area (Å²) < 4.78 is 3.69. The second kappa shape index (κ2) is 7.31. The van der Waals surface area contributed by atoms with Crippen molar-refractivity contribution in [2.75, 3.05) is 13.1 Å². The standard InChI is InChI=1S/C19H23N5O2/c25-18(15-5-2-1-3-6-15)17-13-16-14-22(8-4-9-24(16)21-17)11-12-23-10-7-20-19(23)26/h1-3,5-7,10,13,18,25H,4,8-9,11-12,14H2,(H,20,26)/t18-/m1/s1. The Morgan fingerprint density at radius 3 is 2.81 bits per heavy atom. The van der Waals surface area contributed by atoms with Gasteiger partial charge in [-0.25, -0.2) is 4.79 Å². The number of nitrogens with one attached hydrogen (secondary N) is 1. The Morgan fingerprint density at radius 2 is 2.04 bits per heavy atom. The van der Waals surface area contributed by atoms with Crippen molar-refractivity contribution in [3.63, 3.8) is 0 Å². The first kappa shape index (κ1) is 16.8. The zero-order valence-electron chi connectivity index (χ0n) is 14.6. The summed E-state index contributed by atoms with van der Waals surface area (Å²) in [4.78, 5) is 16.6. The third kappa shape index (κ3) is 3.49. The molecule has 2 aromatic heterocycles. The highest BCUT2D eigenvalue weighted by molar-refractivity contribution is 5.26. The largest absolute Gasteiger partial charge is 0.382 e. The summed E-state index contributed by atoms with van der Waals surface area (Å²) in [5, 5.41) is 15.2. The Morgan fingerprint density at radius 1 is 1.19 bits per heavy atom. The molecule has 1 aliphatic heterocycles. The lowest BCUT2D eigenvalue weighted by Gasteiger charge is -2.19. The van der Waals surface area contributed by atoms with Gasteiger partial charge in [-0.05, 0) is 18.1 Å². The number of fused-ring (bicyclic) bond motifs is 1. The highest BCUT2D eigenvalue weighted by atomic mass is 16.3. The fourth-order valence-electron chi connectivity index (χ4n) is 3.46. The van der Waals surface area contributed by atoms with Gasteiger partial charge in [0.05, 0.1) is 11.4 Å². The van der Waals surface area contributed by atoms with Crippen LogP contribution >= 0.6 is 0 Å². The summed E-state index contributed by atoms with van der Waals surface area (Å²) >= 11 is 0. The fraction of sp³-hybridized carbons (Fsp3) is 0.368. The number of aliphatic hydroxyl groups is 1. The number of aliphatic hydroxyl groups excluding tert-OH is 1. The molecule has 26 heavy (non-hydrogen) atoms. The van der Waals surface area contributed by atoms with Crippen LogP contribution in [0.2, 0.25) is 0 Å². The number of imidazole rings is 1. The number of aryl methyl sites for hydroxylation is 1. The van der Waals surface area contributed by atoms with Gasteiger partial charge in [0.1, 0.15) is 6.10 Å². The van der Waals surface area contributed by atoms with Crippen LogP contribution in [0.15, 0.2) is 53.6 Å². The number of aromatic amines is 1. The van der Waals surface area contributed by atoms with Crippen LogP contribution in [0, 0.1) is 0 Å². The van der Waals surface area contributed by atoms with Crippen molar-refractivity contribution in [1.82, 2.24) is 24.2 Å². The predicted octanol–water partition coefficient (Wildman–Crippen LogP) is 1.36. The number of H-pyrrole nitrogens is 1. The quantitative estimate of drug-likeness (QED) is 0.726. The molecular weight excluding hydrogens is 330 g/mol. The second-order valence-corrected chi connectivity index (χ2v) is 6.69. The first-order valence-electron chi connectivity index (χ1n) is 8.96. The molecule has 0 radical (unpaired) electrons. The summed E-state index contributed by atoms with van der Waals surface area (Å²) in [7, 11) is 0. The van der Waals surface area contributed by atoms with Gasteiger partial charge in [-0.15, -0.1) is 0 Å². The van der Waals surface area contributed by atoms with Crippen LogP contribution in [0.1, 0.15) is 29.5 Å².